The number of hydrogen-bond donors (Lipinski definition) is 2. The van der Waals surface area contributed by atoms with E-state index >= 15 is 0 Å². The number of aliphatic hydroxyl groups is 1. The maximum absolute atomic E-state index is 9.42. The Hall–Kier alpha value is -1.36. The highest BCUT2D eigenvalue weighted by atomic mass is 16.5. The summed E-state index contributed by atoms with van der Waals surface area (Å²) >= 11 is 0. The number of ether oxygens (including phenoxy) is 1. The molecule has 19 heavy (non-hydrogen) atoms. The molecule has 1 heterocycles. The van der Waals surface area contributed by atoms with Gasteiger partial charge in [0.1, 0.15) is 12.1 Å². The molecule has 1 aromatic rings. The normalized spacial score (nSPS) is 23.1. The average Bonchev–Trinajstić information content (AvgIpc) is 2.46. The van der Waals surface area contributed by atoms with Crippen LogP contribution in [0, 0.1) is 18.8 Å². The third kappa shape index (κ3) is 3.35. The van der Waals surface area contributed by atoms with Gasteiger partial charge in [0.15, 0.2) is 0 Å². The van der Waals surface area contributed by atoms with Crippen LogP contribution in [-0.2, 0) is 0 Å². The lowest BCUT2D eigenvalue weighted by Gasteiger charge is -2.30. The number of nitrogens with zero attached hydrogens (tertiary/aromatic N) is 2. The largest absolute Gasteiger partial charge is 0.481 e. The van der Waals surface area contributed by atoms with Gasteiger partial charge in [-0.1, -0.05) is 12.8 Å². The van der Waals surface area contributed by atoms with E-state index in [4.69, 9.17) is 4.74 Å². The van der Waals surface area contributed by atoms with Crippen molar-refractivity contribution in [3.63, 3.8) is 0 Å². The number of hydrogen-bond acceptors (Lipinski definition) is 5. The van der Waals surface area contributed by atoms with Gasteiger partial charge in [0, 0.05) is 13.2 Å². The first-order valence-corrected chi connectivity index (χ1v) is 6.96. The van der Waals surface area contributed by atoms with Crippen LogP contribution < -0.4 is 10.1 Å². The van der Waals surface area contributed by atoms with Gasteiger partial charge < -0.3 is 15.2 Å². The van der Waals surface area contributed by atoms with Gasteiger partial charge in [0.25, 0.3) is 0 Å². The van der Waals surface area contributed by atoms with Crippen molar-refractivity contribution in [2.75, 3.05) is 25.6 Å². The Morgan fingerprint density at radius 1 is 1.32 bits per heavy atom. The topological polar surface area (TPSA) is 67.3 Å². The third-order valence-electron chi connectivity index (χ3n) is 4.06. The van der Waals surface area contributed by atoms with Gasteiger partial charge in [-0.15, -0.1) is 0 Å². The van der Waals surface area contributed by atoms with Crippen LogP contribution in [0.1, 0.15) is 31.2 Å². The van der Waals surface area contributed by atoms with Crippen LogP contribution in [-0.4, -0.2) is 35.3 Å². The molecule has 0 spiro atoms. The van der Waals surface area contributed by atoms with Crippen molar-refractivity contribution in [3.05, 3.63) is 11.9 Å². The van der Waals surface area contributed by atoms with E-state index in [1.165, 1.54) is 25.6 Å². The van der Waals surface area contributed by atoms with Gasteiger partial charge in [0.05, 0.1) is 12.7 Å². The highest BCUT2D eigenvalue weighted by Crippen LogP contribution is 2.30. The van der Waals surface area contributed by atoms with E-state index in [-0.39, 0.29) is 0 Å². The number of anilines is 1. The third-order valence-corrected chi connectivity index (χ3v) is 4.06. The summed E-state index contributed by atoms with van der Waals surface area (Å²) in [5.41, 5.74) is 0.932. The van der Waals surface area contributed by atoms with Crippen LogP contribution in [0.15, 0.2) is 6.33 Å². The van der Waals surface area contributed by atoms with Crippen molar-refractivity contribution in [2.24, 2.45) is 11.8 Å². The van der Waals surface area contributed by atoms with E-state index in [2.05, 4.69) is 15.3 Å². The second kappa shape index (κ2) is 6.70. The molecule has 0 saturated heterocycles. The van der Waals surface area contributed by atoms with Gasteiger partial charge in [-0.3, -0.25) is 0 Å². The fraction of sp³-hybridized carbons (Fsp3) is 0.714. The highest BCUT2D eigenvalue weighted by Gasteiger charge is 2.24. The van der Waals surface area contributed by atoms with Crippen molar-refractivity contribution in [3.8, 4) is 5.88 Å². The number of methoxy groups -OCH3 is 1. The Labute approximate surface area is 114 Å². The molecule has 2 unspecified atom stereocenters. The monoisotopic (exact) mass is 265 g/mol. The molecule has 106 valence electrons. The van der Waals surface area contributed by atoms with Crippen molar-refractivity contribution < 1.29 is 9.84 Å². The zero-order valence-corrected chi connectivity index (χ0v) is 11.7. The highest BCUT2D eigenvalue weighted by molar-refractivity contribution is 5.47. The second-order valence-corrected chi connectivity index (χ2v) is 5.22. The van der Waals surface area contributed by atoms with Gasteiger partial charge in [-0.25, -0.2) is 9.97 Å². The second-order valence-electron chi connectivity index (χ2n) is 5.22. The van der Waals surface area contributed by atoms with E-state index in [0.717, 1.165) is 24.3 Å². The van der Waals surface area contributed by atoms with E-state index in [1.54, 1.807) is 7.11 Å². The van der Waals surface area contributed by atoms with E-state index in [0.29, 0.717) is 24.3 Å². The lowest BCUT2D eigenvalue weighted by molar-refractivity contribution is 0.141. The summed E-state index contributed by atoms with van der Waals surface area (Å²) in [6.07, 6.45) is 6.32. The molecule has 0 aromatic carbocycles. The van der Waals surface area contributed by atoms with Crippen molar-refractivity contribution in [2.45, 2.75) is 32.6 Å². The minimum absolute atomic E-state index is 0.290. The van der Waals surface area contributed by atoms with Gasteiger partial charge in [-0.05, 0) is 31.6 Å². The molecule has 2 rings (SSSR count). The lowest BCUT2D eigenvalue weighted by atomic mass is 9.79. The molecule has 5 nitrogen and oxygen atoms in total. The van der Waals surface area contributed by atoms with E-state index < -0.39 is 0 Å². The fourth-order valence-corrected chi connectivity index (χ4v) is 2.84. The molecule has 1 aromatic heterocycles. The first-order valence-electron chi connectivity index (χ1n) is 6.96. The van der Waals surface area contributed by atoms with Crippen LogP contribution in [0.3, 0.4) is 0 Å². The summed E-state index contributed by atoms with van der Waals surface area (Å²) in [7, 11) is 1.61. The summed E-state index contributed by atoms with van der Waals surface area (Å²) < 4.78 is 5.19. The predicted octanol–water partition coefficient (Wildman–Crippen LogP) is 2.00. The summed E-state index contributed by atoms with van der Waals surface area (Å²) in [4.78, 5) is 8.33. The summed E-state index contributed by atoms with van der Waals surface area (Å²) in [5, 5.41) is 12.8. The van der Waals surface area contributed by atoms with Gasteiger partial charge in [-0.2, -0.15) is 0 Å². The Bertz CT molecular complexity index is 412. The molecule has 1 aliphatic carbocycles. The molecule has 0 radical (unpaired) electrons. The molecule has 0 aliphatic heterocycles. The zero-order chi connectivity index (χ0) is 13.7. The predicted molar refractivity (Wildman–Crippen MR) is 74.3 cm³/mol. The number of nitrogens with one attached hydrogen (secondary N) is 1. The van der Waals surface area contributed by atoms with Gasteiger partial charge >= 0.3 is 0 Å². The number of rotatable bonds is 5. The lowest BCUT2D eigenvalue weighted by Crippen LogP contribution is -2.29. The van der Waals surface area contributed by atoms with Crippen LogP contribution in [0.2, 0.25) is 0 Å². The molecular formula is C14H23N3O2. The molecule has 0 bridgehead atoms. The van der Waals surface area contributed by atoms with Gasteiger partial charge in [0.2, 0.25) is 5.88 Å². The molecule has 2 atom stereocenters. The fourth-order valence-electron chi connectivity index (χ4n) is 2.84. The van der Waals surface area contributed by atoms with Crippen LogP contribution >= 0.6 is 0 Å². The Morgan fingerprint density at radius 2 is 2.05 bits per heavy atom. The smallest absolute Gasteiger partial charge is 0.221 e. The molecule has 1 saturated carbocycles. The van der Waals surface area contributed by atoms with Crippen molar-refractivity contribution in [1.82, 2.24) is 9.97 Å². The van der Waals surface area contributed by atoms with Crippen molar-refractivity contribution in [1.29, 1.82) is 0 Å². The molecule has 1 fully saturated rings. The SMILES string of the molecule is COc1ncnc(NCC2CCCCC2CO)c1C. The molecule has 2 N–H and O–H groups in total. The average molecular weight is 265 g/mol. The van der Waals surface area contributed by atoms with E-state index in [9.17, 15) is 5.11 Å². The molecule has 5 heteroatoms. The standard InChI is InChI=1S/C14H23N3O2/c1-10-13(16-9-17-14(10)19-2)15-7-11-5-3-4-6-12(11)8-18/h9,11-12,18H,3-8H2,1-2H3,(H,15,16,17). The maximum atomic E-state index is 9.42. The Morgan fingerprint density at radius 3 is 2.74 bits per heavy atom. The summed E-state index contributed by atoms with van der Waals surface area (Å²) in [6.45, 7) is 3.09. The minimum atomic E-state index is 0.290. The quantitative estimate of drug-likeness (QED) is 0.852. The van der Waals surface area contributed by atoms with Crippen LogP contribution in [0.4, 0.5) is 5.82 Å². The van der Waals surface area contributed by atoms with Crippen LogP contribution in [0.5, 0.6) is 5.88 Å². The summed E-state index contributed by atoms with van der Waals surface area (Å²) in [5.74, 6) is 2.39. The molecular weight excluding hydrogens is 242 g/mol. The molecule has 1 aliphatic rings. The first-order chi connectivity index (χ1) is 9.26. The Balaban J connectivity index is 1.98. The van der Waals surface area contributed by atoms with Crippen molar-refractivity contribution >= 4 is 5.82 Å². The first kappa shape index (κ1) is 14.1. The van der Waals surface area contributed by atoms with Crippen LogP contribution in [0.25, 0.3) is 0 Å². The number of aliphatic hydroxyl groups excluding tert-OH is 1. The summed E-state index contributed by atoms with van der Waals surface area (Å²) in [6, 6.07) is 0. The number of aromatic nitrogens is 2. The maximum Gasteiger partial charge on any atom is 0.221 e. The minimum Gasteiger partial charge on any atom is -0.481 e. The zero-order valence-electron chi connectivity index (χ0n) is 11.7. The van der Waals surface area contributed by atoms with E-state index in [1.807, 2.05) is 6.92 Å². The Kier molecular flexibility index (Phi) is 4.96. The molecule has 0 amide bonds.